The van der Waals surface area contributed by atoms with Crippen LogP contribution in [0.15, 0.2) is 24.3 Å². The molecule has 0 aliphatic heterocycles. The van der Waals surface area contributed by atoms with Crippen molar-refractivity contribution in [2.45, 2.75) is 45.4 Å². The summed E-state index contributed by atoms with van der Waals surface area (Å²) in [5.41, 5.74) is 1.36. The maximum Gasteiger partial charge on any atom is 0 e. The Hall–Kier alpha value is -0.157. The summed E-state index contributed by atoms with van der Waals surface area (Å²) >= 11 is 0. The molecule has 0 heterocycles. The average Bonchev–Trinajstić information content (AvgIpc) is 2.19. The molecule has 0 amide bonds. The number of unbranched alkanes of at least 4 members (excludes halogenated alkanes) is 4. The van der Waals surface area contributed by atoms with Crippen LogP contribution in [0.5, 0.6) is 0 Å². The van der Waals surface area contributed by atoms with E-state index in [2.05, 4.69) is 25.1 Å². The van der Waals surface area contributed by atoms with E-state index >= 15 is 0 Å². The normalized spacial score (nSPS) is 9.50. The van der Waals surface area contributed by atoms with E-state index in [9.17, 15) is 0 Å². The van der Waals surface area contributed by atoms with E-state index in [4.69, 9.17) is 0 Å². The smallest absolute Gasteiger partial charge is 0 e. The van der Waals surface area contributed by atoms with Crippen molar-refractivity contribution in [1.29, 1.82) is 0 Å². The minimum atomic E-state index is 0. The molecule has 74 valence electrons. The van der Waals surface area contributed by atoms with Gasteiger partial charge in [-0.25, -0.2) is 0 Å². The zero-order chi connectivity index (χ0) is 9.36. The summed E-state index contributed by atoms with van der Waals surface area (Å²) in [6.45, 7) is 2.25. The van der Waals surface area contributed by atoms with Gasteiger partial charge in [0.1, 0.15) is 0 Å². The van der Waals surface area contributed by atoms with Gasteiger partial charge in [0.15, 0.2) is 0 Å². The maximum absolute atomic E-state index is 3.26. The molecule has 0 saturated heterocycles. The van der Waals surface area contributed by atoms with Crippen molar-refractivity contribution < 1.29 is 19.5 Å². The van der Waals surface area contributed by atoms with Gasteiger partial charge < -0.3 is 0 Å². The van der Waals surface area contributed by atoms with Crippen molar-refractivity contribution in [2.75, 3.05) is 0 Å². The molecular weight excluding hydrogens is 222 g/mol. The Balaban J connectivity index is 0.00000169. The van der Waals surface area contributed by atoms with Gasteiger partial charge in [-0.3, -0.25) is 0 Å². The number of aryl methyl sites for hydroxylation is 1. The van der Waals surface area contributed by atoms with E-state index in [1.54, 1.807) is 0 Å². The average molecular weight is 241 g/mol. The first-order valence-corrected chi connectivity index (χ1v) is 5.39. The van der Waals surface area contributed by atoms with E-state index in [0.717, 1.165) is 0 Å². The third-order valence-electron chi connectivity index (χ3n) is 2.32. The molecule has 0 radical (unpaired) electrons. The second kappa shape index (κ2) is 9.40. The summed E-state index contributed by atoms with van der Waals surface area (Å²) in [5.74, 6) is 0. The fraction of sp³-hybridized carbons (Fsp3) is 0.538. The maximum atomic E-state index is 3.26. The van der Waals surface area contributed by atoms with Gasteiger partial charge in [-0.15, -0.1) is 0 Å². The zero-order valence-corrected chi connectivity index (χ0v) is 12.2. The topological polar surface area (TPSA) is 0 Å². The molecule has 0 fully saturated rings. The van der Waals surface area contributed by atoms with Crippen LogP contribution < -0.4 is 0 Å². The van der Waals surface area contributed by atoms with Crippen molar-refractivity contribution >= 4 is 0 Å². The van der Waals surface area contributed by atoms with Crippen LogP contribution >= 0.6 is 0 Å². The van der Waals surface area contributed by atoms with Crippen molar-refractivity contribution in [3.8, 4) is 0 Å². The molecule has 1 aromatic carbocycles. The summed E-state index contributed by atoms with van der Waals surface area (Å²) in [6.07, 6.45) is 8.00. The third-order valence-corrected chi connectivity index (χ3v) is 2.32. The van der Waals surface area contributed by atoms with Gasteiger partial charge in [-0.05, 0) is 0 Å². The van der Waals surface area contributed by atoms with Gasteiger partial charge >= 0.3 is 0 Å². The number of rotatable bonds is 6. The predicted molar refractivity (Wildman–Crippen MR) is 57.7 cm³/mol. The molecule has 1 rings (SSSR count). The molecule has 0 atom stereocenters. The summed E-state index contributed by atoms with van der Waals surface area (Å²) in [5, 5.41) is 0. The van der Waals surface area contributed by atoms with E-state index in [0.29, 0.717) is 0 Å². The second-order valence-electron chi connectivity index (χ2n) is 3.55. The fourth-order valence-corrected chi connectivity index (χ4v) is 1.51. The van der Waals surface area contributed by atoms with Crippen LogP contribution in [0.1, 0.15) is 44.6 Å². The van der Waals surface area contributed by atoms with Crippen LogP contribution in [0.2, 0.25) is 0 Å². The summed E-state index contributed by atoms with van der Waals surface area (Å²) in [7, 11) is 0. The molecule has 0 nitrogen and oxygen atoms in total. The molecule has 0 unspecified atom stereocenters. The Morgan fingerprint density at radius 1 is 1.07 bits per heavy atom. The molecule has 1 heteroatoms. The van der Waals surface area contributed by atoms with Crippen molar-refractivity contribution in [2.24, 2.45) is 0 Å². The van der Waals surface area contributed by atoms with Gasteiger partial charge in [0.25, 0.3) is 0 Å². The first-order valence-electron chi connectivity index (χ1n) is 5.39. The molecule has 14 heavy (non-hydrogen) atoms. The molecule has 0 bridgehead atoms. The Morgan fingerprint density at radius 2 is 1.86 bits per heavy atom. The zero-order valence-electron chi connectivity index (χ0n) is 9.26. The SMILES string of the molecule is CCCCCCCc1[c-]cccc1.[Zn]. The molecule has 0 N–H and O–H groups in total. The molecule has 0 aromatic heterocycles. The van der Waals surface area contributed by atoms with Gasteiger partial charge in [0, 0.05) is 19.5 Å². The summed E-state index contributed by atoms with van der Waals surface area (Å²) < 4.78 is 0. The summed E-state index contributed by atoms with van der Waals surface area (Å²) in [4.78, 5) is 0. The van der Waals surface area contributed by atoms with Crippen LogP contribution in [0, 0.1) is 6.07 Å². The van der Waals surface area contributed by atoms with Gasteiger partial charge in [0.05, 0.1) is 0 Å². The number of hydrogen-bond acceptors (Lipinski definition) is 0. The van der Waals surface area contributed by atoms with E-state index in [1.165, 1.54) is 44.1 Å². The van der Waals surface area contributed by atoms with Crippen molar-refractivity contribution in [3.05, 3.63) is 35.9 Å². The van der Waals surface area contributed by atoms with Crippen LogP contribution in [0.4, 0.5) is 0 Å². The van der Waals surface area contributed by atoms with Gasteiger partial charge in [-0.1, -0.05) is 45.4 Å². The number of hydrogen-bond donors (Lipinski definition) is 0. The molecule has 1 aromatic rings. The largest absolute Gasteiger partial charge is 0.180 e. The van der Waals surface area contributed by atoms with Gasteiger partial charge in [-0.2, -0.15) is 35.9 Å². The molecule has 0 aliphatic rings. The Morgan fingerprint density at radius 3 is 2.50 bits per heavy atom. The first-order chi connectivity index (χ1) is 6.43. The second-order valence-corrected chi connectivity index (χ2v) is 3.55. The monoisotopic (exact) mass is 239 g/mol. The molecule has 0 saturated carbocycles. The third kappa shape index (κ3) is 6.32. The van der Waals surface area contributed by atoms with Crippen LogP contribution in [0.3, 0.4) is 0 Å². The minimum absolute atomic E-state index is 0. The quantitative estimate of drug-likeness (QED) is 0.401. The van der Waals surface area contributed by atoms with Crippen LogP contribution in [-0.2, 0) is 25.9 Å². The summed E-state index contributed by atoms with van der Waals surface area (Å²) in [6, 6.07) is 11.6. The standard InChI is InChI=1S/C13H19.Zn/c1-2-3-4-5-7-10-13-11-8-6-9-12-13;/h6,8-9,11H,2-5,7,10H2,1H3;/q-1;. The minimum Gasteiger partial charge on any atom is -0.180 e. The first kappa shape index (κ1) is 13.8. The Labute approximate surface area is 101 Å². The van der Waals surface area contributed by atoms with Crippen molar-refractivity contribution in [3.63, 3.8) is 0 Å². The van der Waals surface area contributed by atoms with Crippen LogP contribution in [-0.4, -0.2) is 0 Å². The number of benzene rings is 1. The fourth-order valence-electron chi connectivity index (χ4n) is 1.51. The van der Waals surface area contributed by atoms with E-state index in [-0.39, 0.29) is 19.5 Å². The van der Waals surface area contributed by atoms with Gasteiger partial charge in [0.2, 0.25) is 0 Å². The predicted octanol–water partition coefficient (Wildman–Crippen LogP) is 4.00. The van der Waals surface area contributed by atoms with E-state index in [1.807, 2.05) is 12.1 Å². The molecule has 0 spiro atoms. The Bertz CT molecular complexity index is 206. The van der Waals surface area contributed by atoms with Crippen LogP contribution in [0.25, 0.3) is 0 Å². The molecular formula is C13H19Zn-. The van der Waals surface area contributed by atoms with Crippen molar-refractivity contribution in [1.82, 2.24) is 0 Å². The Kier molecular flexibility index (Phi) is 9.30. The molecule has 0 aliphatic carbocycles. The van der Waals surface area contributed by atoms with E-state index < -0.39 is 0 Å².